The van der Waals surface area contributed by atoms with E-state index in [1.165, 1.54) is 27.8 Å². The molecule has 0 aromatic heterocycles. The van der Waals surface area contributed by atoms with E-state index in [1.807, 2.05) is 6.20 Å². The summed E-state index contributed by atoms with van der Waals surface area (Å²) >= 11 is 0. The monoisotopic (exact) mass is 310 g/mol. The van der Waals surface area contributed by atoms with Gasteiger partial charge >= 0.3 is 0 Å². The quantitative estimate of drug-likeness (QED) is 0.727. The van der Waals surface area contributed by atoms with Crippen molar-refractivity contribution in [2.45, 2.75) is 59.4 Å². The lowest BCUT2D eigenvalue weighted by Crippen LogP contribution is -2.37. The fraction of sp³-hybridized carbons (Fsp3) is 0.476. The molecule has 23 heavy (non-hydrogen) atoms. The maximum atomic E-state index is 5.93. The Labute approximate surface area is 141 Å². The molecular formula is C21H30N2. The van der Waals surface area contributed by atoms with E-state index in [1.54, 1.807) is 0 Å². The summed E-state index contributed by atoms with van der Waals surface area (Å²) in [4.78, 5) is 4.59. The minimum Gasteiger partial charge on any atom is -0.328 e. The molecule has 0 saturated heterocycles. The number of nitrogens with two attached hydrogens (primary N) is 1. The van der Waals surface area contributed by atoms with Gasteiger partial charge in [-0.2, -0.15) is 0 Å². The van der Waals surface area contributed by atoms with Crippen molar-refractivity contribution >= 4 is 11.3 Å². The molecule has 0 spiro atoms. The van der Waals surface area contributed by atoms with Crippen LogP contribution < -0.4 is 5.73 Å². The Hall–Kier alpha value is -1.67. The first-order valence-corrected chi connectivity index (χ1v) is 8.64. The smallest absolute Gasteiger partial charge is 0.0445 e. The van der Waals surface area contributed by atoms with E-state index in [0.717, 1.165) is 37.3 Å². The molecule has 2 rings (SSSR count). The zero-order chi connectivity index (χ0) is 17.0. The van der Waals surface area contributed by atoms with Crippen LogP contribution in [0.3, 0.4) is 0 Å². The molecule has 1 aromatic rings. The highest BCUT2D eigenvalue weighted by Gasteiger charge is 2.26. The highest BCUT2D eigenvalue weighted by Crippen LogP contribution is 2.30. The van der Waals surface area contributed by atoms with Crippen molar-refractivity contribution in [3.8, 4) is 0 Å². The number of hydrogen-bond acceptors (Lipinski definition) is 2. The number of nitrogens with zero attached hydrogens (tertiary/aromatic N) is 1. The van der Waals surface area contributed by atoms with Gasteiger partial charge in [0.05, 0.1) is 0 Å². The predicted molar refractivity (Wildman–Crippen MR) is 102 cm³/mol. The van der Waals surface area contributed by atoms with Crippen molar-refractivity contribution in [1.29, 1.82) is 0 Å². The summed E-state index contributed by atoms with van der Waals surface area (Å²) in [6.07, 6.45) is 6.32. The number of hydrogen-bond donors (Lipinski definition) is 1. The van der Waals surface area contributed by atoms with Crippen LogP contribution in [0.4, 0.5) is 0 Å². The Bertz CT molecular complexity index is 627. The van der Waals surface area contributed by atoms with Gasteiger partial charge in [0, 0.05) is 18.0 Å². The number of benzene rings is 1. The summed E-state index contributed by atoms with van der Waals surface area (Å²) in [5, 5.41) is 0. The van der Waals surface area contributed by atoms with Gasteiger partial charge in [0.25, 0.3) is 0 Å². The van der Waals surface area contributed by atoms with E-state index in [9.17, 15) is 0 Å². The standard InChI is InChI=1S/C21H30N2/c1-6-15(4)19-8-17(7-18-10-21(22)11-18)9-20(12-19)16(5)23-13-14(2)3/h8-9,12-13,18,21H,4,6-7,10-11,22H2,1-3,5H3. The Morgan fingerprint density at radius 2 is 1.87 bits per heavy atom. The minimum absolute atomic E-state index is 0.411. The SMILES string of the molecule is C=C(CC)c1cc(CC2CC(N)C2)cc(C(C)=NC=C(C)C)c1. The molecule has 1 aromatic carbocycles. The second-order valence-electron chi connectivity index (χ2n) is 7.10. The number of rotatable bonds is 6. The van der Waals surface area contributed by atoms with Crippen LogP contribution in [0.2, 0.25) is 0 Å². The van der Waals surface area contributed by atoms with Gasteiger partial charge < -0.3 is 5.73 Å². The van der Waals surface area contributed by atoms with Crippen molar-refractivity contribution in [3.05, 3.63) is 53.2 Å². The molecule has 1 aliphatic carbocycles. The normalized spacial score (nSPS) is 20.8. The topological polar surface area (TPSA) is 38.4 Å². The van der Waals surface area contributed by atoms with Crippen LogP contribution in [0.1, 0.15) is 63.6 Å². The van der Waals surface area contributed by atoms with Crippen LogP contribution in [0.5, 0.6) is 0 Å². The highest BCUT2D eigenvalue weighted by molar-refractivity contribution is 6.00. The van der Waals surface area contributed by atoms with E-state index in [4.69, 9.17) is 5.73 Å². The third kappa shape index (κ3) is 4.90. The van der Waals surface area contributed by atoms with Gasteiger partial charge in [-0.1, -0.05) is 25.1 Å². The largest absolute Gasteiger partial charge is 0.328 e. The maximum Gasteiger partial charge on any atom is 0.0445 e. The molecule has 0 aliphatic heterocycles. The number of aliphatic imine (C=N–C) groups is 1. The highest BCUT2D eigenvalue weighted by atomic mass is 14.7. The molecule has 1 fully saturated rings. The van der Waals surface area contributed by atoms with Crippen molar-refractivity contribution in [2.75, 3.05) is 0 Å². The van der Waals surface area contributed by atoms with Gasteiger partial charge in [0.15, 0.2) is 0 Å². The Kier molecular flexibility index (Phi) is 5.95. The van der Waals surface area contributed by atoms with E-state index >= 15 is 0 Å². The Balaban J connectivity index is 2.31. The first-order chi connectivity index (χ1) is 10.9. The van der Waals surface area contributed by atoms with Crippen molar-refractivity contribution in [1.82, 2.24) is 0 Å². The van der Waals surface area contributed by atoms with Gasteiger partial charge in [-0.15, -0.1) is 0 Å². The Morgan fingerprint density at radius 1 is 1.22 bits per heavy atom. The van der Waals surface area contributed by atoms with E-state index in [0.29, 0.717) is 6.04 Å². The predicted octanol–water partition coefficient (Wildman–Crippen LogP) is 5.12. The molecule has 1 saturated carbocycles. The molecule has 2 nitrogen and oxygen atoms in total. The molecule has 0 radical (unpaired) electrons. The minimum atomic E-state index is 0.411. The molecular weight excluding hydrogens is 280 g/mol. The summed E-state index contributed by atoms with van der Waals surface area (Å²) < 4.78 is 0. The van der Waals surface area contributed by atoms with Crippen LogP contribution >= 0.6 is 0 Å². The third-order valence-corrected chi connectivity index (χ3v) is 4.56. The summed E-state index contributed by atoms with van der Waals surface area (Å²) in [6, 6.07) is 7.22. The van der Waals surface area contributed by atoms with Crippen LogP contribution in [0.15, 0.2) is 41.5 Å². The lowest BCUT2D eigenvalue weighted by atomic mass is 9.77. The van der Waals surface area contributed by atoms with Gasteiger partial charge in [0.1, 0.15) is 0 Å². The number of allylic oxidation sites excluding steroid dienone is 2. The van der Waals surface area contributed by atoms with Gasteiger partial charge in [-0.3, -0.25) is 4.99 Å². The molecule has 0 atom stereocenters. The first kappa shape index (κ1) is 17.7. The second kappa shape index (κ2) is 7.74. The lowest BCUT2D eigenvalue weighted by molar-refractivity contribution is 0.264. The van der Waals surface area contributed by atoms with Crippen molar-refractivity contribution in [2.24, 2.45) is 16.6 Å². The first-order valence-electron chi connectivity index (χ1n) is 8.64. The van der Waals surface area contributed by atoms with Crippen LogP contribution in [-0.4, -0.2) is 11.8 Å². The van der Waals surface area contributed by atoms with Gasteiger partial charge in [0.2, 0.25) is 0 Å². The van der Waals surface area contributed by atoms with Gasteiger partial charge in [-0.05, 0) is 86.8 Å². The fourth-order valence-electron chi connectivity index (χ4n) is 3.01. The molecule has 124 valence electrons. The van der Waals surface area contributed by atoms with E-state index < -0.39 is 0 Å². The summed E-state index contributed by atoms with van der Waals surface area (Å²) in [5.74, 6) is 0.734. The lowest BCUT2D eigenvalue weighted by Gasteiger charge is -2.32. The van der Waals surface area contributed by atoms with Crippen LogP contribution in [0, 0.1) is 5.92 Å². The Morgan fingerprint density at radius 3 is 2.43 bits per heavy atom. The van der Waals surface area contributed by atoms with Crippen molar-refractivity contribution in [3.63, 3.8) is 0 Å². The average Bonchev–Trinajstić information content (AvgIpc) is 2.49. The van der Waals surface area contributed by atoms with Crippen LogP contribution in [-0.2, 0) is 6.42 Å². The summed E-state index contributed by atoms with van der Waals surface area (Å²) in [6.45, 7) is 12.6. The molecule has 2 heteroatoms. The molecule has 0 amide bonds. The zero-order valence-electron chi connectivity index (χ0n) is 15.0. The summed E-state index contributed by atoms with van der Waals surface area (Å²) in [5.41, 5.74) is 13.2. The van der Waals surface area contributed by atoms with E-state index in [2.05, 4.69) is 57.5 Å². The zero-order valence-corrected chi connectivity index (χ0v) is 15.0. The maximum absolute atomic E-state index is 5.93. The molecule has 0 bridgehead atoms. The van der Waals surface area contributed by atoms with Gasteiger partial charge in [-0.25, -0.2) is 0 Å². The van der Waals surface area contributed by atoms with E-state index in [-0.39, 0.29) is 0 Å². The second-order valence-corrected chi connectivity index (χ2v) is 7.10. The molecule has 2 N–H and O–H groups in total. The average molecular weight is 310 g/mol. The molecule has 0 unspecified atom stereocenters. The molecule has 1 aliphatic rings. The van der Waals surface area contributed by atoms with Crippen molar-refractivity contribution < 1.29 is 0 Å². The summed E-state index contributed by atoms with van der Waals surface area (Å²) in [7, 11) is 0. The third-order valence-electron chi connectivity index (χ3n) is 4.56. The fourth-order valence-corrected chi connectivity index (χ4v) is 3.01. The van der Waals surface area contributed by atoms with Crippen LogP contribution in [0.25, 0.3) is 5.57 Å². The molecule has 0 heterocycles.